The summed E-state index contributed by atoms with van der Waals surface area (Å²) in [5.41, 5.74) is 3.21. The first-order valence-corrected chi connectivity index (χ1v) is 10.2. The predicted molar refractivity (Wildman–Crippen MR) is 106 cm³/mol. The van der Waals surface area contributed by atoms with Crippen molar-refractivity contribution < 1.29 is 4.79 Å². The van der Waals surface area contributed by atoms with Crippen molar-refractivity contribution in [1.82, 2.24) is 10.3 Å². The summed E-state index contributed by atoms with van der Waals surface area (Å²) in [6.07, 6.45) is 5.12. The molecule has 3 aromatic rings. The molecule has 0 bridgehead atoms. The lowest BCUT2D eigenvalue weighted by Crippen LogP contribution is -2.23. The van der Waals surface area contributed by atoms with Gasteiger partial charge in [0.05, 0.1) is 10.6 Å². The van der Waals surface area contributed by atoms with Crippen LogP contribution in [0, 0.1) is 0 Å². The standard InChI is InChI=1S/C20H20N2OS2/c1-24-17-7-4-15(5-8-17)6-9-20(23)22-14-16-10-11-21-18(13-16)19-3-2-12-25-19/h2-5,7-8,10-13H,6,9,14H2,1H3,(H,22,23). The van der Waals surface area contributed by atoms with Gasteiger partial charge in [-0.2, -0.15) is 0 Å². The molecule has 5 heteroatoms. The average Bonchev–Trinajstić information content (AvgIpc) is 3.20. The van der Waals surface area contributed by atoms with Gasteiger partial charge in [0.25, 0.3) is 0 Å². The summed E-state index contributed by atoms with van der Waals surface area (Å²) in [7, 11) is 0. The number of amides is 1. The van der Waals surface area contributed by atoms with Crippen LogP contribution in [-0.2, 0) is 17.8 Å². The Morgan fingerprint density at radius 2 is 2.00 bits per heavy atom. The first-order valence-electron chi connectivity index (χ1n) is 8.13. The number of carbonyl (C=O) groups is 1. The number of thioether (sulfide) groups is 1. The molecule has 0 aliphatic heterocycles. The zero-order valence-corrected chi connectivity index (χ0v) is 15.7. The summed E-state index contributed by atoms with van der Waals surface area (Å²) in [6.45, 7) is 0.533. The van der Waals surface area contributed by atoms with E-state index in [0.717, 1.165) is 22.6 Å². The Kier molecular flexibility index (Phi) is 6.25. The minimum absolute atomic E-state index is 0.0726. The number of thiophene rings is 1. The van der Waals surface area contributed by atoms with Crippen molar-refractivity contribution >= 4 is 29.0 Å². The number of hydrogen-bond acceptors (Lipinski definition) is 4. The highest BCUT2D eigenvalue weighted by atomic mass is 32.2. The van der Waals surface area contributed by atoms with Crippen LogP contribution in [0.5, 0.6) is 0 Å². The molecule has 0 radical (unpaired) electrons. The monoisotopic (exact) mass is 368 g/mol. The number of carbonyl (C=O) groups excluding carboxylic acids is 1. The fourth-order valence-corrected chi connectivity index (χ4v) is 3.58. The van der Waals surface area contributed by atoms with Gasteiger partial charge in [0.1, 0.15) is 0 Å². The minimum atomic E-state index is 0.0726. The lowest BCUT2D eigenvalue weighted by Gasteiger charge is -2.07. The van der Waals surface area contributed by atoms with Crippen LogP contribution in [0.3, 0.4) is 0 Å². The normalized spacial score (nSPS) is 10.6. The Labute approximate surface area is 156 Å². The van der Waals surface area contributed by atoms with E-state index in [1.54, 1.807) is 29.3 Å². The first-order chi connectivity index (χ1) is 12.2. The molecule has 0 saturated heterocycles. The maximum atomic E-state index is 12.1. The van der Waals surface area contributed by atoms with E-state index >= 15 is 0 Å². The van der Waals surface area contributed by atoms with Gasteiger partial charge in [-0.15, -0.1) is 23.1 Å². The van der Waals surface area contributed by atoms with Crippen molar-refractivity contribution in [2.24, 2.45) is 0 Å². The van der Waals surface area contributed by atoms with E-state index in [0.29, 0.717) is 13.0 Å². The first kappa shape index (κ1) is 17.7. The van der Waals surface area contributed by atoms with E-state index in [-0.39, 0.29) is 5.91 Å². The van der Waals surface area contributed by atoms with Gasteiger partial charge in [-0.25, -0.2) is 0 Å². The third-order valence-electron chi connectivity index (χ3n) is 3.89. The van der Waals surface area contributed by atoms with Crippen LogP contribution in [0.4, 0.5) is 0 Å². The number of benzene rings is 1. The lowest BCUT2D eigenvalue weighted by molar-refractivity contribution is -0.121. The topological polar surface area (TPSA) is 42.0 Å². The van der Waals surface area contributed by atoms with Crippen LogP contribution in [0.2, 0.25) is 0 Å². The molecule has 3 rings (SSSR count). The Morgan fingerprint density at radius 1 is 1.16 bits per heavy atom. The molecule has 0 fully saturated rings. The second-order valence-corrected chi connectivity index (χ2v) is 7.48. The number of aromatic nitrogens is 1. The van der Waals surface area contributed by atoms with Crippen LogP contribution in [-0.4, -0.2) is 17.1 Å². The molecule has 0 aliphatic rings. The minimum Gasteiger partial charge on any atom is -0.352 e. The summed E-state index contributed by atoms with van der Waals surface area (Å²) in [5, 5.41) is 5.04. The van der Waals surface area contributed by atoms with E-state index in [2.05, 4.69) is 46.9 Å². The van der Waals surface area contributed by atoms with E-state index < -0.39 is 0 Å². The molecular weight excluding hydrogens is 348 g/mol. The van der Waals surface area contributed by atoms with Gasteiger partial charge >= 0.3 is 0 Å². The largest absolute Gasteiger partial charge is 0.352 e. The average molecular weight is 369 g/mol. The molecule has 128 valence electrons. The van der Waals surface area contributed by atoms with Gasteiger partial charge in [-0.1, -0.05) is 18.2 Å². The molecule has 1 N–H and O–H groups in total. The summed E-state index contributed by atoms with van der Waals surface area (Å²) in [5.74, 6) is 0.0726. The maximum absolute atomic E-state index is 12.1. The second-order valence-electron chi connectivity index (χ2n) is 5.65. The molecular formula is C20H20N2OS2. The van der Waals surface area contributed by atoms with Crippen molar-refractivity contribution in [3.63, 3.8) is 0 Å². The van der Waals surface area contributed by atoms with Gasteiger partial charge < -0.3 is 5.32 Å². The van der Waals surface area contributed by atoms with E-state index in [9.17, 15) is 4.79 Å². The fourth-order valence-electron chi connectivity index (χ4n) is 2.48. The molecule has 0 spiro atoms. The molecule has 3 nitrogen and oxygen atoms in total. The summed E-state index contributed by atoms with van der Waals surface area (Å²) in [6, 6.07) is 16.4. The van der Waals surface area contributed by atoms with Gasteiger partial charge in [-0.3, -0.25) is 9.78 Å². The Balaban J connectivity index is 1.49. The number of pyridine rings is 1. The molecule has 2 aromatic heterocycles. The molecule has 0 aliphatic carbocycles. The van der Waals surface area contributed by atoms with Gasteiger partial charge in [-0.05, 0) is 59.5 Å². The number of rotatable bonds is 7. The Hall–Kier alpha value is -2.11. The van der Waals surface area contributed by atoms with Crippen LogP contribution in [0.15, 0.2) is 65.0 Å². The molecule has 0 saturated carbocycles. The van der Waals surface area contributed by atoms with Crippen LogP contribution in [0.1, 0.15) is 17.5 Å². The summed E-state index contributed by atoms with van der Waals surface area (Å²) >= 11 is 3.39. The highest BCUT2D eigenvalue weighted by molar-refractivity contribution is 7.98. The van der Waals surface area contributed by atoms with Gasteiger partial charge in [0, 0.05) is 24.1 Å². The highest BCUT2D eigenvalue weighted by Crippen LogP contribution is 2.23. The van der Waals surface area contributed by atoms with E-state index in [1.165, 1.54) is 10.5 Å². The van der Waals surface area contributed by atoms with Crippen LogP contribution >= 0.6 is 23.1 Å². The van der Waals surface area contributed by atoms with Crippen LogP contribution < -0.4 is 5.32 Å². The van der Waals surface area contributed by atoms with Crippen molar-refractivity contribution in [2.75, 3.05) is 6.26 Å². The summed E-state index contributed by atoms with van der Waals surface area (Å²) < 4.78 is 0. The Morgan fingerprint density at radius 3 is 2.72 bits per heavy atom. The maximum Gasteiger partial charge on any atom is 0.220 e. The highest BCUT2D eigenvalue weighted by Gasteiger charge is 2.05. The molecule has 0 unspecified atom stereocenters. The number of nitrogens with one attached hydrogen (secondary N) is 1. The number of aryl methyl sites for hydroxylation is 1. The fraction of sp³-hybridized carbons (Fsp3) is 0.200. The predicted octanol–water partition coefficient (Wildman–Crippen LogP) is 4.78. The SMILES string of the molecule is CSc1ccc(CCC(=O)NCc2ccnc(-c3cccs3)c2)cc1. The third-order valence-corrected chi connectivity index (χ3v) is 5.52. The molecule has 25 heavy (non-hydrogen) atoms. The molecule has 1 aromatic carbocycles. The van der Waals surface area contributed by atoms with E-state index in [1.807, 2.05) is 23.6 Å². The molecule has 0 atom stereocenters. The van der Waals surface area contributed by atoms with Crippen LogP contribution in [0.25, 0.3) is 10.6 Å². The lowest BCUT2D eigenvalue weighted by atomic mass is 10.1. The number of hydrogen-bond donors (Lipinski definition) is 1. The quantitative estimate of drug-likeness (QED) is 0.610. The second kappa shape index (κ2) is 8.83. The molecule has 1 amide bonds. The van der Waals surface area contributed by atoms with Gasteiger partial charge in [0.15, 0.2) is 0 Å². The smallest absolute Gasteiger partial charge is 0.220 e. The van der Waals surface area contributed by atoms with E-state index in [4.69, 9.17) is 0 Å². The zero-order chi connectivity index (χ0) is 17.5. The van der Waals surface area contributed by atoms with Crippen molar-refractivity contribution in [2.45, 2.75) is 24.3 Å². The summed E-state index contributed by atoms with van der Waals surface area (Å²) in [4.78, 5) is 18.9. The Bertz CT molecular complexity index is 814. The van der Waals surface area contributed by atoms with Crippen molar-refractivity contribution in [3.8, 4) is 10.6 Å². The van der Waals surface area contributed by atoms with Crippen molar-refractivity contribution in [3.05, 3.63) is 71.2 Å². The zero-order valence-electron chi connectivity index (χ0n) is 14.1. The van der Waals surface area contributed by atoms with Gasteiger partial charge in [0.2, 0.25) is 5.91 Å². The van der Waals surface area contributed by atoms with Crippen molar-refractivity contribution in [1.29, 1.82) is 0 Å². The number of nitrogens with zero attached hydrogens (tertiary/aromatic N) is 1. The molecule has 2 heterocycles. The third kappa shape index (κ3) is 5.18.